The SMILES string of the molecule is Cc1csc2nc(CO)cn12. The minimum atomic E-state index is 0.0217. The van der Waals surface area contributed by atoms with Gasteiger partial charge in [-0.3, -0.25) is 4.40 Å². The molecule has 0 aliphatic heterocycles. The molecule has 2 rings (SSSR count). The Bertz CT molecular complexity index is 377. The van der Waals surface area contributed by atoms with Crippen LogP contribution in [0.1, 0.15) is 11.4 Å². The Morgan fingerprint density at radius 2 is 2.55 bits per heavy atom. The van der Waals surface area contributed by atoms with Crippen LogP contribution in [0.25, 0.3) is 4.96 Å². The first-order chi connectivity index (χ1) is 5.31. The second-order valence-electron chi connectivity index (χ2n) is 2.42. The molecule has 58 valence electrons. The van der Waals surface area contributed by atoms with E-state index in [1.807, 2.05) is 22.9 Å². The summed E-state index contributed by atoms with van der Waals surface area (Å²) in [6, 6.07) is 0. The molecule has 0 saturated heterocycles. The van der Waals surface area contributed by atoms with Crippen LogP contribution < -0.4 is 0 Å². The molecule has 0 fully saturated rings. The molecule has 0 spiro atoms. The third kappa shape index (κ3) is 0.948. The molecule has 0 unspecified atom stereocenters. The third-order valence-electron chi connectivity index (χ3n) is 1.60. The van der Waals surface area contributed by atoms with Gasteiger partial charge in [0.05, 0.1) is 12.3 Å². The van der Waals surface area contributed by atoms with Crippen molar-refractivity contribution >= 4 is 16.3 Å². The van der Waals surface area contributed by atoms with Crippen LogP contribution in [-0.4, -0.2) is 14.5 Å². The van der Waals surface area contributed by atoms with E-state index in [2.05, 4.69) is 4.98 Å². The summed E-state index contributed by atoms with van der Waals surface area (Å²) in [6.07, 6.45) is 1.86. The second kappa shape index (κ2) is 2.32. The topological polar surface area (TPSA) is 37.5 Å². The molecule has 11 heavy (non-hydrogen) atoms. The number of thiazole rings is 1. The molecule has 0 aromatic carbocycles. The Balaban J connectivity index is 2.70. The van der Waals surface area contributed by atoms with Gasteiger partial charge in [-0.1, -0.05) is 0 Å². The van der Waals surface area contributed by atoms with Gasteiger partial charge in [-0.15, -0.1) is 11.3 Å². The van der Waals surface area contributed by atoms with Crippen molar-refractivity contribution in [3.05, 3.63) is 23.0 Å². The molecule has 0 aliphatic carbocycles. The first-order valence-electron chi connectivity index (χ1n) is 3.34. The fourth-order valence-corrected chi connectivity index (χ4v) is 1.89. The van der Waals surface area contributed by atoms with Crippen molar-refractivity contribution in [1.82, 2.24) is 9.38 Å². The van der Waals surface area contributed by atoms with Gasteiger partial charge in [0.2, 0.25) is 0 Å². The van der Waals surface area contributed by atoms with Crippen molar-refractivity contribution in [2.75, 3.05) is 0 Å². The summed E-state index contributed by atoms with van der Waals surface area (Å²) in [5.41, 5.74) is 1.90. The smallest absolute Gasteiger partial charge is 0.194 e. The average Bonchev–Trinajstić information content (AvgIpc) is 2.53. The summed E-state index contributed by atoms with van der Waals surface area (Å²) in [5.74, 6) is 0. The largest absolute Gasteiger partial charge is 0.390 e. The zero-order chi connectivity index (χ0) is 7.84. The summed E-state index contributed by atoms with van der Waals surface area (Å²) in [4.78, 5) is 5.13. The lowest BCUT2D eigenvalue weighted by atomic mass is 10.5. The maximum atomic E-state index is 8.78. The van der Waals surface area contributed by atoms with Crippen LogP contribution >= 0.6 is 11.3 Å². The molecule has 2 heterocycles. The van der Waals surface area contributed by atoms with Crippen LogP contribution in [0.2, 0.25) is 0 Å². The van der Waals surface area contributed by atoms with Crippen LogP contribution in [0, 0.1) is 6.92 Å². The molecule has 2 aromatic heterocycles. The number of aliphatic hydroxyl groups excluding tert-OH is 1. The van der Waals surface area contributed by atoms with E-state index in [1.54, 1.807) is 11.3 Å². The molecule has 0 atom stereocenters. The van der Waals surface area contributed by atoms with Crippen LogP contribution in [0.15, 0.2) is 11.6 Å². The zero-order valence-electron chi connectivity index (χ0n) is 6.11. The number of aryl methyl sites for hydroxylation is 1. The van der Waals surface area contributed by atoms with E-state index in [9.17, 15) is 0 Å². The molecular formula is C7H8N2OS. The van der Waals surface area contributed by atoms with E-state index in [0.717, 1.165) is 16.3 Å². The van der Waals surface area contributed by atoms with Gasteiger partial charge in [-0.05, 0) is 6.92 Å². The lowest BCUT2D eigenvalue weighted by Gasteiger charge is -1.84. The Labute approximate surface area is 67.9 Å². The van der Waals surface area contributed by atoms with Gasteiger partial charge in [-0.25, -0.2) is 4.98 Å². The number of aliphatic hydroxyl groups is 1. The Kier molecular flexibility index (Phi) is 1.44. The standard InChI is InChI=1S/C7H8N2OS/c1-5-4-11-7-8-6(3-10)2-9(5)7/h2,4,10H,3H2,1H3. The molecule has 1 N–H and O–H groups in total. The van der Waals surface area contributed by atoms with Crippen molar-refractivity contribution in [3.63, 3.8) is 0 Å². The highest BCUT2D eigenvalue weighted by molar-refractivity contribution is 7.15. The molecule has 4 heteroatoms. The predicted octanol–water partition coefficient (Wildman–Crippen LogP) is 1.20. The Morgan fingerprint density at radius 3 is 3.18 bits per heavy atom. The number of fused-ring (bicyclic) bond motifs is 1. The minimum Gasteiger partial charge on any atom is -0.390 e. The van der Waals surface area contributed by atoms with Crippen molar-refractivity contribution in [3.8, 4) is 0 Å². The summed E-state index contributed by atoms with van der Waals surface area (Å²) in [7, 11) is 0. The van der Waals surface area contributed by atoms with E-state index in [1.165, 1.54) is 0 Å². The summed E-state index contributed by atoms with van der Waals surface area (Å²) in [5, 5.41) is 10.8. The van der Waals surface area contributed by atoms with E-state index in [4.69, 9.17) is 5.11 Å². The number of aromatic nitrogens is 2. The van der Waals surface area contributed by atoms with E-state index >= 15 is 0 Å². The number of nitrogens with zero attached hydrogens (tertiary/aromatic N) is 2. The predicted molar refractivity (Wildman–Crippen MR) is 43.7 cm³/mol. The van der Waals surface area contributed by atoms with Crippen molar-refractivity contribution in [1.29, 1.82) is 0 Å². The first kappa shape index (κ1) is 6.82. The summed E-state index contributed by atoms with van der Waals surface area (Å²) in [6.45, 7) is 2.04. The van der Waals surface area contributed by atoms with Gasteiger partial charge in [0.15, 0.2) is 4.96 Å². The molecule has 2 aromatic rings. The quantitative estimate of drug-likeness (QED) is 0.694. The Morgan fingerprint density at radius 1 is 1.73 bits per heavy atom. The lowest BCUT2D eigenvalue weighted by molar-refractivity contribution is 0.277. The zero-order valence-corrected chi connectivity index (χ0v) is 6.93. The summed E-state index contributed by atoms with van der Waals surface area (Å²) >= 11 is 1.59. The highest BCUT2D eigenvalue weighted by Crippen LogP contribution is 2.15. The third-order valence-corrected chi connectivity index (χ3v) is 2.56. The van der Waals surface area contributed by atoms with E-state index in [0.29, 0.717) is 0 Å². The van der Waals surface area contributed by atoms with Gasteiger partial charge in [-0.2, -0.15) is 0 Å². The number of hydrogen-bond donors (Lipinski definition) is 1. The van der Waals surface area contributed by atoms with Crippen LogP contribution in [-0.2, 0) is 6.61 Å². The maximum Gasteiger partial charge on any atom is 0.194 e. The van der Waals surface area contributed by atoms with Crippen LogP contribution in [0.4, 0.5) is 0 Å². The molecule has 0 amide bonds. The molecule has 3 nitrogen and oxygen atoms in total. The molecule has 0 radical (unpaired) electrons. The number of hydrogen-bond acceptors (Lipinski definition) is 3. The first-order valence-corrected chi connectivity index (χ1v) is 4.22. The maximum absolute atomic E-state index is 8.78. The van der Waals surface area contributed by atoms with Crippen LogP contribution in [0.5, 0.6) is 0 Å². The van der Waals surface area contributed by atoms with Gasteiger partial charge >= 0.3 is 0 Å². The minimum absolute atomic E-state index is 0.0217. The van der Waals surface area contributed by atoms with Gasteiger partial charge < -0.3 is 5.11 Å². The fourth-order valence-electron chi connectivity index (χ4n) is 1.02. The lowest BCUT2D eigenvalue weighted by Crippen LogP contribution is -1.81. The van der Waals surface area contributed by atoms with Crippen molar-refractivity contribution in [2.45, 2.75) is 13.5 Å². The molecular weight excluding hydrogens is 160 g/mol. The van der Waals surface area contributed by atoms with E-state index < -0.39 is 0 Å². The number of rotatable bonds is 1. The molecule has 0 bridgehead atoms. The van der Waals surface area contributed by atoms with Crippen molar-refractivity contribution < 1.29 is 5.11 Å². The van der Waals surface area contributed by atoms with Gasteiger partial charge in [0.25, 0.3) is 0 Å². The van der Waals surface area contributed by atoms with Crippen LogP contribution in [0.3, 0.4) is 0 Å². The van der Waals surface area contributed by atoms with Gasteiger partial charge in [0, 0.05) is 17.3 Å². The summed E-state index contributed by atoms with van der Waals surface area (Å²) < 4.78 is 1.98. The van der Waals surface area contributed by atoms with Crippen molar-refractivity contribution in [2.24, 2.45) is 0 Å². The highest BCUT2D eigenvalue weighted by atomic mass is 32.1. The normalized spacial score (nSPS) is 11.1. The fraction of sp³-hybridized carbons (Fsp3) is 0.286. The highest BCUT2D eigenvalue weighted by Gasteiger charge is 2.02. The number of imidazole rings is 1. The second-order valence-corrected chi connectivity index (χ2v) is 3.26. The van der Waals surface area contributed by atoms with Gasteiger partial charge in [0.1, 0.15) is 0 Å². The Hall–Kier alpha value is -0.870. The molecule has 0 saturated carbocycles. The van der Waals surface area contributed by atoms with E-state index in [-0.39, 0.29) is 6.61 Å². The average molecular weight is 168 g/mol. The molecule has 0 aliphatic rings. The monoisotopic (exact) mass is 168 g/mol.